The molecule has 0 aliphatic heterocycles. The maximum absolute atomic E-state index is 5.74. The van der Waals surface area contributed by atoms with Gasteiger partial charge in [-0.25, -0.2) is 0 Å². The number of hydrogen-bond acceptors (Lipinski definition) is 2. The molecule has 1 unspecified atom stereocenters. The van der Waals surface area contributed by atoms with Crippen molar-refractivity contribution >= 4 is 0 Å². The molecule has 1 N–H and O–H groups in total. The van der Waals surface area contributed by atoms with Crippen molar-refractivity contribution < 1.29 is 4.74 Å². The Morgan fingerprint density at radius 1 is 1.25 bits per heavy atom. The van der Waals surface area contributed by atoms with Gasteiger partial charge < -0.3 is 10.1 Å². The van der Waals surface area contributed by atoms with Crippen molar-refractivity contribution in [2.75, 3.05) is 19.7 Å². The lowest BCUT2D eigenvalue weighted by molar-refractivity contribution is 0.115. The standard InChI is InChI=1S/C18H29NO/c1-3-11-19-13-15(2)18-8-6-17(7-9-18)14-20-12-10-16-4-5-16/h6-9,15-16,19H,3-5,10-14H2,1-2H3. The number of ether oxygens (including phenoxy) is 1. The second-order valence-electron chi connectivity index (χ2n) is 6.13. The zero-order valence-corrected chi connectivity index (χ0v) is 13.0. The second-order valence-corrected chi connectivity index (χ2v) is 6.13. The van der Waals surface area contributed by atoms with Crippen molar-refractivity contribution in [2.24, 2.45) is 5.92 Å². The topological polar surface area (TPSA) is 21.3 Å². The molecule has 0 amide bonds. The molecule has 0 radical (unpaired) electrons. The van der Waals surface area contributed by atoms with E-state index in [9.17, 15) is 0 Å². The molecule has 2 nitrogen and oxygen atoms in total. The number of hydrogen-bond donors (Lipinski definition) is 1. The average Bonchev–Trinajstić information content (AvgIpc) is 3.28. The summed E-state index contributed by atoms with van der Waals surface area (Å²) in [5, 5.41) is 3.48. The van der Waals surface area contributed by atoms with Crippen molar-refractivity contribution in [1.29, 1.82) is 0 Å². The lowest BCUT2D eigenvalue weighted by Crippen LogP contribution is -2.20. The molecule has 1 atom stereocenters. The van der Waals surface area contributed by atoms with E-state index >= 15 is 0 Å². The Bertz CT molecular complexity index is 370. The molecule has 20 heavy (non-hydrogen) atoms. The quantitative estimate of drug-likeness (QED) is 0.649. The zero-order chi connectivity index (χ0) is 14.2. The van der Waals surface area contributed by atoms with Crippen LogP contribution in [0.5, 0.6) is 0 Å². The molecular formula is C18H29NO. The van der Waals surface area contributed by atoms with Crippen molar-refractivity contribution in [3.63, 3.8) is 0 Å². The first-order valence-corrected chi connectivity index (χ1v) is 8.17. The van der Waals surface area contributed by atoms with Crippen LogP contribution in [0, 0.1) is 5.92 Å². The third kappa shape index (κ3) is 5.64. The average molecular weight is 275 g/mol. The number of nitrogens with one attached hydrogen (secondary N) is 1. The molecule has 0 bridgehead atoms. The van der Waals surface area contributed by atoms with E-state index in [0.717, 1.165) is 32.2 Å². The van der Waals surface area contributed by atoms with Gasteiger partial charge in [-0.2, -0.15) is 0 Å². The van der Waals surface area contributed by atoms with E-state index in [2.05, 4.69) is 43.4 Å². The summed E-state index contributed by atoms with van der Waals surface area (Å²) in [6.07, 6.45) is 5.28. The fourth-order valence-electron chi connectivity index (χ4n) is 2.40. The summed E-state index contributed by atoms with van der Waals surface area (Å²) in [4.78, 5) is 0. The van der Waals surface area contributed by atoms with Crippen LogP contribution < -0.4 is 5.32 Å². The molecule has 1 aliphatic rings. The highest BCUT2D eigenvalue weighted by Crippen LogP contribution is 2.32. The summed E-state index contributed by atoms with van der Waals surface area (Å²) < 4.78 is 5.74. The van der Waals surface area contributed by atoms with Crippen LogP contribution in [0.25, 0.3) is 0 Å². The Labute approximate surface area is 123 Å². The van der Waals surface area contributed by atoms with Crippen LogP contribution in [0.4, 0.5) is 0 Å². The highest BCUT2D eigenvalue weighted by molar-refractivity contribution is 5.24. The molecule has 1 aromatic rings. The molecule has 1 aliphatic carbocycles. The van der Waals surface area contributed by atoms with Crippen LogP contribution in [-0.2, 0) is 11.3 Å². The summed E-state index contributed by atoms with van der Waals surface area (Å²) in [7, 11) is 0. The highest BCUT2D eigenvalue weighted by atomic mass is 16.5. The van der Waals surface area contributed by atoms with E-state index < -0.39 is 0 Å². The van der Waals surface area contributed by atoms with E-state index in [-0.39, 0.29) is 0 Å². The van der Waals surface area contributed by atoms with Gasteiger partial charge in [0.05, 0.1) is 6.61 Å². The molecule has 112 valence electrons. The smallest absolute Gasteiger partial charge is 0.0716 e. The van der Waals surface area contributed by atoms with Crippen LogP contribution in [0.15, 0.2) is 24.3 Å². The largest absolute Gasteiger partial charge is 0.377 e. The Kier molecular flexibility index (Phi) is 6.55. The summed E-state index contributed by atoms with van der Waals surface area (Å²) in [6.45, 7) is 8.33. The molecule has 2 heteroatoms. The Hall–Kier alpha value is -0.860. The first-order valence-electron chi connectivity index (χ1n) is 8.17. The van der Waals surface area contributed by atoms with Gasteiger partial charge in [0.15, 0.2) is 0 Å². The second kappa shape index (κ2) is 8.43. The van der Waals surface area contributed by atoms with Crippen molar-refractivity contribution in [3.8, 4) is 0 Å². The third-order valence-corrected chi connectivity index (χ3v) is 4.06. The van der Waals surface area contributed by atoms with Gasteiger partial charge in [-0.3, -0.25) is 0 Å². The van der Waals surface area contributed by atoms with E-state index in [1.807, 2.05) is 0 Å². The van der Waals surface area contributed by atoms with Gasteiger partial charge in [0.1, 0.15) is 0 Å². The van der Waals surface area contributed by atoms with E-state index in [0.29, 0.717) is 5.92 Å². The monoisotopic (exact) mass is 275 g/mol. The van der Waals surface area contributed by atoms with E-state index in [1.165, 1.54) is 36.8 Å². The zero-order valence-electron chi connectivity index (χ0n) is 13.0. The molecular weight excluding hydrogens is 246 g/mol. The van der Waals surface area contributed by atoms with Crippen LogP contribution in [0.3, 0.4) is 0 Å². The Morgan fingerprint density at radius 3 is 2.65 bits per heavy atom. The lowest BCUT2D eigenvalue weighted by atomic mass is 10.00. The summed E-state index contributed by atoms with van der Waals surface area (Å²) >= 11 is 0. The van der Waals surface area contributed by atoms with Crippen LogP contribution in [0.2, 0.25) is 0 Å². The maximum Gasteiger partial charge on any atom is 0.0716 e. The number of benzene rings is 1. The van der Waals surface area contributed by atoms with Gasteiger partial charge in [0.2, 0.25) is 0 Å². The third-order valence-electron chi connectivity index (χ3n) is 4.06. The minimum absolute atomic E-state index is 0.575. The normalized spacial score (nSPS) is 16.3. The van der Waals surface area contributed by atoms with Gasteiger partial charge in [-0.1, -0.05) is 51.0 Å². The fourth-order valence-corrected chi connectivity index (χ4v) is 2.40. The molecule has 1 fully saturated rings. The van der Waals surface area contributed by atoms with Gasteiger partial charge in [0.25, 0.3) is 0 Å². The van der Waals surface area contributed by atoms with Crippen molar-refractivity contribution in [1.82, 2.24) is 5.32 Å². The molecule has 1 saturated carbocycles. The van der Waals surface area contributed by atoms with Gasteiger partial charge in [-0.15, -0.1) is 0 Å². The SMILES string of the molecule is CCCNCC(C)c1ccc(COCCC2CC2)cc1. The summed E-state index contributed by atoms with van der Waals surface area (Å²) in [6, 6.07) is 8.92. The minimum atomic E-state index is 0.575. The number of rotatable bonds is 10. The fraction of sp³-hybridized carbons (Fsp3) is 0.667. The molecule has 0 saturated heterocycles. The van der Waals surface area contributed by atoms with Crippen molar-refractivity contribution in [3.05, 3.63) is 35.4 Å². The summed E-state index contributed by atoms with van der Waals surface area (Å²) in [5.74, 6) is 1.54. The molecule has 0 spiro atoms. The van der Waals surface area contributed by atoms with Crippen LogP contribution in [-0.4, -0.2) is 19.7 Å². The molecule has 2 rings (SSSR count). The summed E-state index contributed by atoms with van der Waals surface area (Å²) in [5.41, 5.74) is 2.70. The first kappa shape index (κ1) is 15.5. The van der Waals surface area contributed by atoms with Crippen LogP contribution >= 0.6 is 0 Å². The minimum Gasteiger partial charge on any atom is -0.377 e. The Balaban J connectivity index is 1.67. The maximum atomic E-state index is 5.74. The molecule has 0 aromatic heterocycles. The van der Waals surface area contributed by atoms with E-state index in [4.69, 9.17) is 4.74 Å². The van der Waals surface area contributed by atoms with Gasteiger partial charge >= 0.3 is 0 Å². The van der Waals surface area contributed by atoms with E-state index in [1.54, 1.807) is 0 Å². The highest BCUT2D eigenvalue weighted by Gasteiger charge is 2.20. The molecule has 0 heterocycles. The van der Waals surface area contributed by atoms with Gasteiger partial charge in [0, 0.05) is 13.2 Å². The molecule has 1 aromatic carbocycles. The first-order chi connectivity index (χ1) is 9.79. The Morgan fingerprint density at radius 2 is 2.00 bits per heavy atom. The lowest BCUT2D eigenvalue weighted by Gasteiger charge is -2.13. The van der Waals surface area contributed by atoms with Crippen molar-refractivity contribution in [2.45, 2.75) is 52.1 Å². The van der Waals surface area contributed by atoms with Gasteiger partial charge in [-0.05, 0) is 42.3 Å². The predicted molar refractivity (Wildman–Crippen MR) is 85.0 cm³/mol. The van der Waals surface area contributed by atoms with Crippen LogP contribution in [0.1, 0.15) is 56.6 Å². The predicted octanol–water partition coefficient (Wildman–Crippen LogP) is 4.11.